The first-order chi connectivity index (χ1) is 4.24. The zero-order valence-electron chi connectivity index (χ0n) is 5.73. The van der Waals surface area contributed by atoms with Gasteiger partial charge >= 0.3 is 0 Å². The zero-order valence-corrected chi connectivity index (χ0v) is 5.73. The van der Waals surface area contributed by atoms with Crippen molar-refractivity contribution in [3.05, 3.63) is 23.0 Å². The Balaban J connectivity index is 3.01. The van der Waals surface area contributed by atoms with Crippen LogP contribution < -0.4 is 0 Å². The molecule has 0 fully saturated rings. The molecule has 1 aromatic heterocycles. The van der Waals surface area contributed by atoms with Gasteiger partial charge < -0.3 is 10.1 Å². The summed E-state index contributed by atoms with van der Waals surface area (Å²) in [4.78, 5) is 3.10. The maximum atomic E-state index is 8.71. The second kappa shape index (κ2) is 2.23. The molecule has 0 bridgehead atoms. The van der Waals surface area contributed by atoms with Gasteiger partial charge in [-0.25, -0.2) is 0 Å². The maximum Gasteiger partial charge on any atom is 0.0699 e. The SMILES string of the molecule is Cc1cc(CO)c(C)[nH]1. The Morgan fingerprint density at radius 3 is 2.44 bits per heavy atom. The van der Waals surface area contributed by atoms with Gasteiger partial charge in [-0.15, -0.1) is 0 Å². The molecule has 2 N–H and O–H groups in total. The summed E-state index contributed by atoms with van der Waals surface area (Å²) in [5.41, 5.74) is 3.17. The Bertz CT molecular complexity index is 203. The third kappa shape index (κ3) is 1.13. The highest BCUT2D eigenvalue weighted by Crippen LogP contribution is 2.07. The second-order valence-electron chi connectivity index (χ2n) is 2.26. The standard InChI is InChI=1S/C7H11NO/c1-5-3-7(4-9)6(2)8-5/h3,8-9H,4H2,1-2H3. The van der Waals surface area contributed by atoms with E-state index in [0.717, 1.165) is 17.0 Å². The lowest BCUT2D eigenvalue weighted by atomic mass is 10.3. The molecular weight excluding hydrogens is 114 g/mol. The molecule has 1 aromatic rings. The summed E-state index contributed by atoms with van der Waals surface area (Å²) in [6, 6.07) is 1.95. The van der Waals surface area contributed by atoms with Gasteiger partial charge in [0.05, 0.1) is 6.61 Å². The average molecular weight is 125 g/mol. The van der Waals surface area contributed by atoms with Gasteiger partial charge in [0.25, 0.3) is 0 Å². The van der Waals surface area contributed by atoms with Crippen LogP contribution in [0.3, 0.4) is 0 Å². The monoisotopic (exact) mass is 125 g/mol. The molecule has 0 aliphatic rings. The Morgan fingerprint density at radius 2 is 2.22 bits per heavy atom. The molecule has 1 heterocycles. The lowest BCUT2D eigenvalue weighted by molar-refractivity contribution is 0.281. The minimum absolute atomic E-state index is 0.135. The number of aromatic nitrogens is 1. The third-order valence-electron chi connectivity index (χ3n) is 1.43. The van der Waals surface area contributed by atoms with Crippen LogP contribution in [0.5, 0.6) is 0 Å². The molecule has 2 heteroatoms. The predicted octanol–water partition coefficient (Wildman–Crippen LogP) is 1.12. The van der Waals surface area contributed by atoms with E-state index in [1.54, 1.807) is 0 Å². The average Bonchev–Trinajstić information content (AvgIpc) is 2.10. The van der Waals surface area contributed by atoms with Gasteiger partial charge in [-0.2, -0.15) is 0 Å². The molecule has 0 saturated carbocycles. The summed E-state index contributed by atoms with van der Waals surface area (Å²) in [5.74, 6) is 0. The summed E-state index contributed by atoms with van der Waals surface area (Å²) in [6.45, 7) is 4.07. The molecule has 0 atom stereocenters. The Kier molecular flexibility index (Phi) is 1.58. The summed E-state index contributed by atoms with van der Waals surface area (Å²) >= 11 is 0. The molecule has 0 radical (unpaired) electrons. The Labute approximate surface area is 54.5 Å². The van der Waals surface area contributed by atoms with Crippen molar-refractivity contribution in [2.75, 3.05) is 0 Å². The summed E-state index contributed by atoms with van der Waals surface area (Å²) < 4.78 is 0. The lowest BCUT2D eigenvalue weighted by Gasteiger charge is -1.88. The van der Waals surface area contributed by atoms with Gasteiger partial charge in [0.2, 0.25) is 0 Å². The number of H-pyrrole nitrogens is 1. The number of aliphatic hydroxyl groups excluding tert-OH is 1. The third-order valence-corrected chi connectivity index (χ3v) is 1.43. The number of rotatable bonds is 1. The molecule has 0 aromatic carbocycles. The zero-order chi connectivity index (χ0) is 6.85. The molecule has 50 valence electrons. The molecule has 0 unspecified atom stereocenters. The highest BCUT2D eigenvalue weighted by atomic mass is 16.3. The number of hydrogen-bond donors (Lipinski definition) is 2. The van der Waals surface area contributed by atoms with Crippen LogP contribution in [0.25, 0.3) is 0 Å². The molecule has 0 amide bonds. The van der Waals surface area contributed by atoms with Crippen molar-refractivity contribution < 1.29 is 5.11 Å². The molecule has 0 aliphatic carbocycles. The van der Waals surface area contributed by atoms with Gasteiger partial charge in [0, 0.05) is 11.4 Å². The molecule has 1 rings (SSSR count). The van der Waals surface area contributed by atoms with Crippen LogP contribution >= 0.6 is 0 Å². The Morgan fingerprint density at radius 1 is 1.56 bits per heavy atom. The number of aryl methyl sites for hydroxylation is 2. The maximum absolute atomic E-state index is 8.71. The van der Waals surface area contributed by atoms with Gasteiger partial charge in [-0.1, -0.05) is 0 Å². The summed E-state index contributed by atoms with van der Waals surface area (Å²) in [5, 5.41) is 8.71. The van der Waals surface area contributed by atoms with Crippen LogP contribution in [-0.4, -0.2) is 10.1 Å². The van der Waals surface area contributed by atoms with Crippen LogP contribution in [-0.2, 0) is 6.61 Å². The van der Waals surface area contributed by atoms with E-state index in [2.05, 4.69) is 4.98 Å². The van der Waals surface area contributed by atoms with Crippen LogP contribution in [0.4, 0.5) is 0 Å². The molecule has 0 aliphatic heterocycles. The van der Waals surface area contributed by atoms with E-state index >= 15 is 0 Å². The van der Waals surface area contributed by atoms with Gasteiger partial charge in [-0.3, -0.25) is 0 Å². The number of aliphatic hydroxyl groups is 1. The van der Waals surface area contributed by atoms with E-state index < -0.39 is 0 Å². The molecule has 0 saturated heterocycles. The molecule has 2 nitrogen and oxygen atoms in total. The topological polar surface area (TPSA) is 36.0 Å². The fourth-order valence-corrected chi connectivity index (χ4v) is 0.946. The van der Waals surface area contributed by atoms with Crippen molar-refractivity contribution in [3.8, 4) is 0 Å². The van der Waals surface area contributed by atoms with Crippen LogP contribution in [0.2, 0.25) is 0 Å². The molecule has 9 heavy (non-hydrogen) atoms. The highest BCUT2D eigenvalue weighted by Gasteiger charge is 1.97. The van der Waals surface area contributed by atoms with Crippen molar-refractivity contribution in [1.29, 1.82) is 0 Å². The fraction of sp³-hybridized carbons (Fsp3) is 0.429. The first kappa shape index (κ1) is 6.36. The largest absolute Gasteiger partial charge is 0.392 e. The minimum atomic E-state index is 0.135. The van der Waals surface area contributed by atoms with E-state index in [1.165, 1.54) is 0 Å². The lowest BCUT2D eigenvalue weighted by Crippen LogP contribution is -1.81. The smallest absolute Gasteiger partial charge is 0.0699 e. The number of hydrogen-bond acceptors (Lipinski definition) is 1. The normalized spacial score (nSPS) is 10.1. The Hall–Kier alpha value is -0.760. The molecule has 0 spiro atoms. The van der Waals surface area contributed by atoms with E-state index in [-0.39, 0.29) is 6.61 Å². The van der Waals surface area contributed by atoms with Gasteiger partial charge in [0.1, 0.15) is 0 Å². The van der Waals surface area contributed by atoms with Crippen molar-refractivity contribution in [2.24, 2.45) is 0 Å². The van der Waals surface area contributed by atoms with E-state index in [4.69, 9.17) is 5.11 Å². The number of aromatic amines is 1. The fourth-order valence-electron chi connectivity index (χ4n) is 0.946. The van der Waals surface area contributed by atoms with Crippen LogP contribution in [0, 0.1) is 13.8 Å². The van der Waals surface area contributed by atoms with Crippen molar-refractivity contribution >= 4 is 0 Å². The molecular formula is C7H11NO. The summed E-state index contributed by atoms with van der Waals surface area (Å²) in [6.07, 6.45) is 0. The van der Waals surface area contributed by atoms with Crippen LogP contribution in [0.1, 0.15) is 17.0 Å². The van der Waals surface area contributed by atoms with Crippen molar-refractivity contribution in [2.45, 2.75) is 20.5 Å². The summed E-state index contributed by atoms with van der Waals surface area (Å²) in [7, 11) is 0. The highest BCUT2D eigenvalue weighted by molar-refractivity contribution is 5.22. The van der Waals surface area contributed by atoms with E-state index in [1.807, 2.05) is 19.9 Å². The van der Waals surface area contributed by atoms with Gasteiger partial charge in [0.15, 0.2) is 0 Å². The van der Waals surface area contributed by atoms with Crippen molar-refractivity contribution in [1.82, 2.24) is 4.98 Å². The van der Waals surface area contributed by atoms with E-state index in [9.17, 15) is 0 Å². The minimum Gasteiger partial charge on any atom is -0.392 e. The second-order valence-corrected chi connectivity index (χ2v) is 2.26. The first-order valence-electron chi connectivity index (χ1n) is 3.00. The first-order valence-corrected chi connectivity index (χ1v) is 3.00. The quantitative estimate of drug-likeness (QED) is 0.579. The van der Waals surface area contributed by atoms with E-state index in [0.29, 0.717) is 0 Å². The number of nitrogens with one attached hydrogen (secondary N) is 1. The van der Waals surface area contributed by atoms with Gasteiger partial charge in [-0.05, 0) is 25.5 Å². The predicted molar refractivity (Wildman–Crippen MR) is 36.2 cm³/mol. The van der Waals surface area contributed by atoms with Crippen molar-refractivity contribution in [3.63, 3.8) is 0 Å². The van der Waals surface area contributed by atoms with Crippen LogP contribution in [0.15, 0.2) is 6.07 Å².